The van der Waals surface area contributed by atoms with Crippen molar-refractivity contribution in [3.8, 4) is 5.75 Å². The Hall–Kier alpha value is -2.48. The summed E-state index contributed by atoms with van der Waals surface area (Å²) < 4.78 is 10.8. The van der Waals surface area contributed by atoms with E-state index >= 15 is 0 Å². The van der Waals surface area contributed by atoms with Gasteiger partial charge in [0.1, 0.15) is 5.75 Å². The van der Waals surface area contributed by atoms with Gasteiger partial charge in [-0.15, -0.1) is 0 Å². The highest BCUT2D eigenvalue weighted by molar-refractivity contribution is 7.80. The van der Waals surface area contributed by atoms with Crippen LogP contribution < -0.4 is 15.4 Å². The van der Waals surface area contributed by atoms with Gasteiger partial charge in [0.2, 0.25) is 0 Å². The third kappa shape index (κ3) is 6.02. The van der Waals surface area contributed by atoms with E-state index in [1.54, 1.807) is 18.2 Å². The fraction of sp³-hybridized carbons (Fsp3) is 0.333. The van der Waals surface area contributed by atoms with Crippen LogP contribution >= 0.6 is 12.2 Å². The van der Waals surface area contributed by atoms with E-state index in [2.05, 4.69) is 27.7 Å². The molecule has 2 N–H and O–H groups in total. The number of hydrogen-bond acceptors (Lipinski definition) is 5. The lowest BCUT2D eigenvalue weighted by Crippen LogP contribution is -2.35. The van der Waals surface area contributed by atoms with Gasteiger partial charge in [0.15, 0.2) is 5.11 Å². The second-order valence-electron chi connectivity index (χ2n) is 6.45. The Morgan fingerprint density at radius 3 is 2.64 bits per heavy atom. The highest BCUT2D eigenvalue weighted by Crippen LogP contribution is 2.14. The normalized spacial score (nSPS) is 14.3. The number of carbonyl (C=O) groups is 1. The molecule has 1 amide bonds. The average molecular weight is 400 g/mol. The van der Waals surface area contributed by atoms with E-state index < -0.39 is 0 Å². The van der Waals surface area contributed by atoms with Crippen molar-refractivity contribution in [2.24, 2.45) is 0 Å². The molecule has 0 aromatic heterocycles. The first-order valence-corrected chi connectivity index (χ1v) is 9.79. The summed E-state index contributed by atoms with van der Waals surface area (Å²) in [6, 6.07) is 15.1. The maximum atomic E-state index is 12.4. The maximum absolute atomic E-state index is 12.4. The van der Waals surface area contributed by atoms with E-state index in [9.17, 15) is 4.79 Å². The lowest BCUT2D eigenvalue weighted by atomic mass is 10.2. The van der Waals surface area contributed by atoms with E-state index in [4.69, 9.17) is 21.7 Å². The number of morpholine rings is 1. The number of nitrogens with one attached hydrogen (secondary N) is 2. The van der Waals surface area contributed by atoms with E-state index in [0.717, 1.165) is 38.5 Å². The molecule has 2 aromatic rings. The zero-order valence-corrected chi connectivity index (χ0v) is 16.8. The first-order valence-electron chi connectivity index (χ1n) is 9.38. The Bertz CT molecular complexity index is 805. The summed E-state index contributed by atoms with van der Waals surface area (Å²) in [6.45, 7) is 6.86. The highest BCUT2D eigenvalue weighted by Gasteiger charge is 2.11. The Morgan fingerprint density at radius 1 is 1.18 bits per heavy atom. The minimum Gasteiger partial charge on any atom is -0.494 e. The van der Waals surface area contributed by atoms with Gasteiger partial charge in [-0.05, 0) is 55.0 Å². The molecule has 3 rings (SSSR count). The molecule has 0 saturated carbocycles. The monoisotopic (exact) mass is 399 g/mol. The lowest BCUT2D eigenvalue weighted by Gasteiger charge is -2.26. The van der Waals surface area contributed by atoms with Crippen molar-refractivity contribution in [3.63, 3.8) is 0 Å². The molecule has 1 heterocycles. The number of ether oxygens (including phenoxy) is 2. The van der Waals surface area contributed by atoms with Crippen molar-refractivity contribution < 1.29 is 14.3 Å². The van der Waals surface area contributed by atoms with E-state index in [-0.39, 0.29) is 11.0 Å². The molecule has 6 nitrogen and oxygen atoms in total. The smallest absolute Gasteiger partial charge is 0.257 e. The largest absolute Gasteiger partial charge is 0.494 e. The predicted molar refractivity (Wildman–Crippen MR) is 114 cm³/mol. The van der Waals surface area contributed by atoms with Gasteiger partial charge in [-0.2, -0.15) is 0 Å². The average Bonchev–Trinajstić information content (AvgIpc) is 2.71. The number of hydrogen-bond donors (Lipinski definition) is 2. The van der Waals surface area contributed by atoms with E-state index in [1.165, 1.54) is 5.56 Å². The molecular weight excluding hydrogens is 374 g/mol. The minimum atomic E-state index is -0.275. The van der Waals surface area contributed by atoms with Gasteiger partial charge >= 0.3 is 0 Å². The molecule has 0 radical (unpaired) electrons. The van der Waals surface area contributed by atoms with E-state index in [0.29, 0.717) is 17.9 Å². The van der Waals surface area contributed by atoms with Crippen LogP contribution in [0.5, 0.6) is 5.75 Å². The molecule has 7 heteroatoms. The van der Waals surface area contributed by atoms with Crippen molar-refractivity contribution in [1.82, 2.24) is 10.2 Å². The maximum Gasteiger partial charge on any atom is 0.257 e. The van der Waals surface area contributed by atoms with Gasteiger partial charge in [0.05, 0.1) is 19.8 Å². The molecule has 1 aliphatic rings. The van der Waals surface area contributed by atoms with Crippen LogP contribution in [-0.4, -0.2) is 48.8 Å². The SMILES string of the molecule is CCOc1cccc(C(=O)NC(=S)Nc2ccc(CN3CCOCC3)cc2)c1. The van der Waals surface area contributed by atoms with Gasteiger partial charge in [-0.1, -0.05) is 18.2 Å². The number of benzene rings is 2. The summed E-state index contributed by atoms with van der Waals surface area (Å²) in [5.41, 5.74) is 2.56. The molecule has 1 aliphatic heterocycles. The van der Waals surface area contributed by atoms with E-state index in [1.807, 2.05) is 25.1 Å². The van der Waals surface area contributed by atoms with Crippen molar-refractivity contribution in [2.75, 3.05) is 38.2 Å². The van der Waals surface area contributed by atoms with Crippen LogP contribution in [0, 0.1) is 0 Å². The molecule has 2 aromatic carbocycles. The van der Waals surface area contributed by atoms with Crippen LogP contribution in [0.2, 0.25) is 0 Å². The number of rotatable bonds is 6. The predicted octanol–water partition coefficient (Wildman–Crippen LogP) is 3.04. The zero-order chi connectivity index (χ0) is 19.8. The minimum absolute atomic E-state index is 0.257. The van der Waals surface area contributed by atoms with Crippen LogP contribution in [0.15, 0.2) is 48.5 Å². The van der Waals surface area contributed by atoms with Gasteiger partial charge in [-0.3, -0.25) is 15.0 Å². The van der Waals surface area contributed by atoms with Gasteiger partial charge < -0.3 is 14.8 Å². The fourth-order valence-corrected chi connectivity index (χ4v) is 3.15. The highest BCUT2D eigenvalue weighted by atomic mass is 32.1. The van der Waals surface area contributed by atoms with Gasteiger partial charge in [0, 0.05) is 30.9 Å². The molecule has 0 atom stereocenters. The number of thiocarbonyl (C=S) groups is 1. The number of carbonyl (C=O) groups excluding carboxylic acids is 1. The molecule has 0 spiro atoms. The van der Waals surface area contributed by atoms with Crippen LogP contribution in [0.3, 0.4) is 0 Å². The summed E-state index contributed by atoms with van der Waals surface area (Å²) in [5.74, 6) is 0.382. The summed E-state index contributed by atoms with van der Waals surface area (Å²) in [5, 5.41) is 6.00. The molecule has 0 aliphatic carbocycles. The number of anilines is 1. The summed E-state index contributed by atoms with van der Waals surface area (Å²) in [6.07, 6.45) is 0. The Kier molecular flexibility index (Phi) is 7.36. The second kappa shape index (κ2) is 10.2. The number of amides is 1. The quantitative estimate of drug-likeness (QED) is 0.728. The fourth-order valence-electron chi connectivity index (χ4n) is 2.94. The Labute approximate surface area is 170 Å². The van der Waals surface area contributed by atoms with Crippen LogP contribution in [-0.2, 0) is 11.3 Å². The van der Waals surface area contributed by atoms with Crippen molar-refractivity contribution in [3.05, 3.63) is 59.7 Å². The molecule has 28 heavy (non-hydrogen) atoms. The van der Waals surface area contributed by atoms with Crippen molar-refractivity contribution in [1.29, 1.82) is 0 Å². The standard InChI is InChI=1S/C21H25N3O3S/c1-2-27-19-5-3-4-17(14-19)20(25)23-21(28)22-18-8-6-16(7-9-18)15-24-10-12-26-13-11-24/h3-9,14H,2,10-13,15H2,1H3,(H2,22,23,25,28). The lowest BCUT2D eigenvalue weighted by molar-refractivity contribution is 0.0342. The van der Waals surface area contributed by atoms with Crippen molar-refractivity contribution in [2.45, 2.75) is 13.5 Å². The molecule has 0 unspecified atom stereocenters. The Morgan fingerprint density at radius 2 is 1.93 bits per heavy atom. The van der Waals surface area contributed by atoms with Crippen molar-refractivity contribution >= 4 is 28.9 Å². The van der Waals surface area contributed by atoms with Gasteiger partial charge in [-0.25, -0.2) is 0 Å². The zero-order valence-electron chi connectivity index (χ0n) is 15.9. The van der Waals surface area contributed by atoms with Crippen LogP contribution in [0.25, 0.3) is 0 Å². The topological polar surface area (TPSA) is 62.8 Å². The third-order valence-corrected chi connectivity index (χ3v) is 4.56. The molecule has 0 bridgehead atoms. The van der Waals surface area contributed by atoms with Crippen LogP contribution in [0.4, 0.5) is 5.69 Å². The molecule has 1 fully saturated rings. The molecular formula is C21H25N3O3S. The third-order valence-electron chi connectivity index (χ3n) is 4.36. The summed E-state index contributed by atoms with van der Waals surface area (Å²) in [7, 11) is 0. The first-order chi connectivity index (χ1) is 13.6. The Balaban J connectivity index is 1.51. The summed E-state index contributed by atoms with van der Waals surface area (Å²) in [4.78, 5) is 14.7. The first kappa shape index (κ1) is 20.3. The molecule has 1 saturated heterocycles. The number of nitrogens with zero attached hydrogens (tertiary/aromatic N) is 1. The van der Waals surface area contributed by atoms with Crippen LogP contribution in [0.1, 0.15) is 22.8 Å². The summed E-state index contributed by atoms with van der Waals surface area (Å²) >= 11 is 5.26. The van der Waals surface area contributed by atoms with Gasteiger partial charge in [0.25, 0.3) is 5.91 Å². The molecule has 148 valence electrons. The second-order valence-corrected chi connectivity index (χ2v) is 6.86.